The number of rotatable bonds is 10. The number of carbonyl (C=O) groups excluding carboxylic acids is 1. The van der Waals surface area contributed by atoms with Gasteiger partial charge in [-0.1, -0.05) is 6.07 Å². The van der Waals surface area contributed by atoms with E-state index in [1.165, 1.54) is 0 Å². The van der Waals surface area contributed by atoms with Crippen LogP contribution < -0.4 is 15.8 Å². The monoisotopic (exact) mass is 445 g/mol. The van der Waals surface area contributed by atoms with Gasteiger partial charge in [0.25, 0.3) is 0 Å². The van der Waals surface area contributed by atoms with Gasteiger partial charge in [0.2, 0.25) is 5.91 Å². The highest BCUT2D eigenvalue weighted by molar-refractivity contribution is 6.06. The number of aromatic nitrogens is 1. The van der Waals surface area contributed by atoms with Crippen LogP contribution >= 0.6 is 0 Å². The molecule has 0 unspecified atom stereocenters. The number of hydrogen-bond acceptors (Lipinski definition) is 7. The number of nitrogens with zero attached hydrogens (tertiary/aromatic N) is 1. The number of aryl methyl sites for hydroxylation is 1. The van der Waals surface area contributed by atoms with Crippen molar-refractivity contribution in [3.8, 4) is 5.75 Å². The zero-order valence-corrected chi connectivity index (χ0v) is 18.6. The van der Waals surface area contributed by atoms with E-state index in [0.29, 0.717) is 42.2 Å². The molecular formula is C23H31N3O6. The number of anilines is 1. The maximum absolute atomic E-state index is 12.0. The minimum absolute atomic E-state index is 0.00319. The van der Waals surface area contributed by atoms with Crippen molar-refractivity contribution < 1.29 is 28.9 Å². The van der Waals surface area contributed by atoms with Crippen molar-refractivity contribution in [2.45, 2.75) is 51.7 Å². The van der Waals surface area contributed by atoms with Gasteiger partial charge in [-0.15, -0.1) is 0 Å². The predicted octanol–water partition coefficient (Wildman–Crippen LogP) is 2.68. The molecule has 1 amide bonds. The van der Waals surface area contributed by atoms with Gasteiger partial charge in [0.1, 0.15) is 17.9 Å². The van der Waals surface area contributed by atoms with Crippen LogP contribution in [0.2, 0.25) is 0 Å². The quantitative estimate of drug-likeness (QED) is 0.476. The van der Waals surface area contributed by atoms with E-state index in [1.54, 1.807) is 19.1 Å². The highest BCUT2D eigenvalue weighted by atomic mass is 16.5. The first-order chi connectivity index (χ1) is 15.4. The summed E-state index contributed by atoms with van der Waals surface area (Å²) >= 11 is 0. The average Bonchev–Trinajstić information content (AvgIpc) is 2.74. The van der Waals surface area contributed by atoms with Crippen LogP contribution in [0.1, 0.15) is 48.7 Å². The fourth-order valence-electron chi connectivity index (χ4n) is 4.01. The number of carboxylic acid groups (broad SMARTS) is 1. The Morgan fingerprint density at radius 2 is 1.91 bits per heavy atom. The van der Waals surface area contributed by atoms with Crippen molar-refractivity contribution in [2.24, 2.45) is 0 Å². The molecule has 9 nitrogen and oxygen atoms in total. The molecule has 0 atom stereocenters. The number of aromatic carboxylic acids is 1. The topological polar surface area (TPSA) is 133 Å². The second-order valence-electron chi connectivity index (χ2n) is 7.85. The maximum Gasteiger partial charge on any atom is 0.339 e. The van der Waals surface area contributed by atoms with Gasteiger partial charge in [-0.2, -0.15) is 0 Å². The number of nitrogen functional groups attached to an aromatic ring is 1. The lowest BCUT2D eigenvalue weighted by atomic mass is 9.93. The molecule has 174 valence electrons. The lowest BCUT2D eigenvalue weighted by molar-refractivity contribution is -0.127. The zero-order chi connectivity index (χ0) is 23.1. The molecule has 1 fully saturated rings. The molecule has 0 bridgehead atoms. The maximum atomic E-state index is 12.0. The van der Waals surface area contributed by atoms with E-state index in [-0.39, 0.29) is 35.9 Å². The van der Waals surface area contributed by atoms with Gasteiger partial charge >= 0.3 is 5.97 Å². The Bertz CT molecular complexity index is 956. The van der Waals surface area contributed by atoms with Gasteiger partial charge in [0.05, 0.1) is 41.6 Å². The van der Waals surface area contributed by atoms with Gasteiger partial charge in [-0.3, -0.25) is 9.78 Å². The van der Waals surface area contributed by atoms with E-state index in [4.69, 9.17) is 19.9 Å². The van der Waals surface area contributed by atoms with Gasteiger partial charge in [0.15, 0.2) is 0 Å². The summed E-state index contributed by atoms with van der Waals surface area (Å²) in [6.45, 7) is 5.07. The number of hydrogen-bond donors (Lipinski definition) is 3. The summed E-state index contributed by atoms with van der Waals surface area (Å²) in [5, 5.41) is 13.0. The van der Waals surface area contributed by atoms with Crippen LogP contribution in [0.3, 0.4) is 0 Å². The predicted molar refractivity (Wildman–Crippen MR) is 120 cm³/mol. The molecule has 1 saturated carbocycles. The average molecular weight is 446 g/mol. The highest BCUT2D eigenvalue weighted by Gasteiger charge is 2.25. The second-order valence-corrected chi connectivity index (χ2v) is 7.85. The molecule has 1 aromatic heterocycles. The number of pyridine rings is 1. The largest absolute Gasteiger partial charge is 0.490 e. The van der Waals surface area contributed by atoms with Crippen LogP contribution in [0.15, 0.2) is 18.2 Å². The van der Waals surface area contributed by atoms with E-state index >= 15 is 0 Å². The van der Waals surface area contributed by atoms with E-state index in [1.807, 2.05) is 13.0 Å². The van der Waals surface area contributed by atoms with Crippen LogP contribution in [0.4, 0.5) is 5.69 Å². The zero-order valence-electron chi connectivity index (χ0n) is 18.6. The summed E-state index contributed by atoms with van der Waals surface area (Å²) in [4.78, 5) is 28.0. The molecule has 1 heterocycles. The molecule has 0 aliphatic heterocycles. The fourth-order valence-corrected chi connectivity index (χ4v) is 4.01. The number of nitrogens with one attached hydrogen (secondary N) is 1. The smallest absolute Gasteiger partial charge is 0.339 e. The lowest BCUT2D eigenvalue weighted by Gasteiger charge is -2.30. The van der Waals surface area contributed by atoms with E-state index in [2.05, 4.69) is 10.3 Å². The number of fused-ring (bicyclic) bond motifs is 1. The molecular weight excluding hydrogens is 414 g/mol. The number of carboxylic acids is 1. The summed E-state index contributed by atoms with van der Waals surface area (Å²) in [6.07, 6.45) is 3.04. The Morgan fingerprint density at radius 1 is 1.19 bits per heavy atom. The number of carbonyl (C=O) groups is 2. The Balaban J connectivity index is 1.57. The van der Waals surface area contributed by atoms with Crippen LogP contribution in [0.5, 0.6) is 5.75 Å². The minimum atomic E-state index is -1.11. The number of nitrogens with two attached hydrogens (primary N) is 1. The fraction of sp³-hybridized carbons (Fsp3) is 0.522. The van der Waals surface area contributed by atoms with E-state index in [0.717, 1.165) is 25.7 Å². The standard InChI is InChI=1S/C23H31N3O6/c1-3-30-11-12-31-13-19(27)26-15-7-9-16(10-8-15)32-18-6-4-5-17-21(18)22(24)20(23(28)29)14(2)25-17/h4-6,15-16H,3,7-13H2,1-2H3,(H2,24,25)(H,26,27)(H,28,29)/t15-,16-. The summed E-state index contributed by atoms with van der Waals surface area (Å²) in [7, 11) is 0. The molecule has 0 radical (unpaired) electrons. The Morgan fingerprint density at radius 3 is 2.59 bits per heavy atom. The number of ether oxygens (including phenoxy) is 3. The van der Waals surface area contributed by atoms with Gasteiger partial charge in [-0.05, 0) is 51.7 Å². The summed E-state index contributed by atoms with van der Waals surface area (Å²) in [5.41, 5.74) is 7.35. The first-order valence-corrected chi connectivity index (χ1v) is 10.9. The molecule has 0 saturated heterocycles. The molecule has 4 N–H and O–H groups in total. The minimum Gasteiger partial charge on any atom is -0.490 e. The molecule has 1 aromatic carbocycles. The van der Waals surface area contributed by atoms with Crippen molar-refractivity contribution in [2.75, 3.05) is 32.2 Å². The van der Waals surface area contributed by atoms with Crippen molar-refractivity contribution in [1.29, 1.82) is 0 Å². The van der Waals surface area contributed by atoms with E-state index < -0.39 is 5.97 Å². The molecule has 9 heteroatoms. The Kier molecular flexibility index (Phi) is 8.24. The van der Waals surface area contributed by atoms with Gasteiger partial charge in [-0.25, -0.2) is 4.79 Å². The summed E-state index contributed by atoms with van der Waals surface area (Å²) in [5.74, 6) is -0.706. The SMILES string of the molecule is CCOCCOCC(=O)N[C@H]1CC[C@H](Oc2cccc3nc(C)c(C(=O)O)c(N)c23)CC1. The van der Waals surface area contributed by atoms with Crippen LogP contribution in [-0.2, 0) is 14.3 Å². The molecule has 2 aromatic rings. The molecule has 0 spiro atoms. The second kappa shape index (κ2) is 11.1. The normalized spacial score (nSPS) is 18.4. The highest BCUT2D eigenvalue weighted by Crippen LogP contribution is 2.35. The van der Waals surface area contributed by atoms with Crippen molar-refractivity contribution in [1.82, 2.24) is 10.3 Å². The van der Waals surface area contributed by atoms with E-state index in [9.17, 15) is 14.7 Å². The van der Waals surface area contributed by atoms with Crippen molar-refractivity contribution in [3.05, 3.63) is 29.5 Å². The first-order valence-electron chi connectivity index (χ1n) is 10.9. The summed E-state index contributed by atoms with van der Waals surface area (Å²) < 4.78 is 16.7. The first kappa shape index (κ1) is 23.7. The van der Waals surface area contributed by atoms with Crippen LogP contribution in [0.25, 0.3) is 10.9 Å². The van der Waals surface area contributed by atoms with Crippen LogP contribution in [-0.4, -0.2) is 60.5 Å². The Hall–Kier alpha value is -2.91. The lowest BCUT2D eigenvalue weighted by Crippen LogP contribution is -2.41. The third-order valence-corrected chi connectivity index (χ3v) is 5.55. The van der Waals surface area contributed by atoms with Gasteiger partial charge in [0, 0.05) is 12.6 Å². The molecule has 1 aliphatic carbocycles. The number of benzene rings is 1. The molecule has 3 rings (SSSR count). The molecule has 32 heavy (non-hydrogen) atoms. The van der Waals surface area contributed by atoms with Crippen molar-refractivity contribution in [3.63, 3.8) is 0 Å². The Labute approximate surface area is 187 Å². The van der Waals surface area contributed by atoms with Crippen molar-refractivity contribution >= 4 is 28.5 Å². The number of amides is 1. The third-order valence-electron chi connectivity index (χ3n) is 5.55. The summed E-state index contributed by atoms with van der Waals surface area (Å²) in [6, 6.07) is 5.48. The third kappa shape index (κ3) is 5.86. The van der Waals surface area contributed by atoms with Crippen LogP contribution in [0, 0.1) is 6.92 Å². The molecule has 1 aliphatic rings. The van der Waals surface area contributed by atoms with Gasteiger partial charge < -0.3 is 30.4 Å².